The molecule has 2 N–H and O–H groups in total. The molecule has 0 aliphatic heterocycles. The lowest BCUT2D eigenvalue weighted by Crippen LogP contribution is -2.34. The number of carbonyl (C=O) groups is 2. The quantitative estimate of drug-likeness (QED) is 0.794. The highest BCUT2D eigenvalue weighted by Gasteiger charge is 2.20. The zero-order valence-electron chi connectivity index (χ0n) is 14.4. The van der Waals surface area contributed by atoms with Crippen molar-refractivity contribution in [1.29, 1.82) is 0 Å². The zero-order valence-corrected chi connectivity index (χ0v) is 14.4. The van der Waals surface area contributed by atoms with Gasteiger partial charge in [0.05, 0.1) is 5.69 Å². The molecule has 0 saturated carbocycles. The van der Waals surface area contributed by atoms with Gasteiger partial charge in [-0.05, 0) is 33.1 Å². The van der Waals surface area contributed by atoms with Gasteiger partial charge in [0.1, 0.15) is 5.60 Å². The Bertz CT molecular complexity index is 546. The maximum Gasteiger partial charge on any atom is 0.407 e. The standard InChI is InChI=1S/C15H26N4O4/c1-10(2)7-9-19-11(12(13(20)21)17-18-19)6-8-16-14(22)23-15(3,4)5/h10H,6-9H2,1-5H3,(H,16,22)(H,20,21). The van der Waals surface area contributed by atoms with Crippen LogP contribution in [0.25, 0.3) is 0 Å². The van der Waals surface area contributed by atoms with Gasteiger partial charge in [0, 0.05) is 19.5 Å². The number of carbonyl (C=O) groups excluding carboxylic acids is 1. The molecule has 23 heavy (non-hydrogen) atoms. The number of carboxylic acids is 1. The Morgan fingerprint density at radius 3 is 2.52 bits per heavy atom. The second kappa shape index (κ2) is 7.94. The van der Waals surface area contributed by atoms with Crippen LogP contribution in [0.5, 0.6) is 0 Å². The Hall–Kier alpha value is -2.12. The van der Waals surface area contributed by atoms with Crippen molar-refractivity contribution in [3.8, 4) is 0 Å². The molecule has 0 aromatic carbocycles. The second-order valence-corrected chi connectivity index (χ2v) is 6.77. The molecule has 0 spiro atoms. The molecule has 1 heterocycles. The third kappa shape index (κ3) is 6.66. The van der Waals surface area contributed by atoms with Crippen molar-refractivity contribution in [3.05, 3.63) is 11.4 Å². The first kappa shape index (κ1) is 18.9. The number of alkyl carbamates (subject to hydrolysis) is 1. The molecule has 0 fully saturated rings. The largest absolute Gasteiger partial charge is 0.476 e. The third-order valence-corrected chi connectivity index (χ3v) is 2.99. The first-order chi connectivity index (χ1) is 10.6. The number of carboxylic acid groups (broad SMARTS) is 1. The minimum Gasteiger partial charge on any atom is -0.476 e. The molecule has 8 nitrogen and oxygen atoms in total. The van der Waals surface area contributed by atoms with Crippen LogP contribution in [0.2, 0.25) is 0 Å². The van der Waals surface area contributed by atoms with Crippen LogP contribution in [0.15, 0.2) is 0 Å². The Labute approximate surface area is 136 Å². The third-order valence-electron chi connectivity index (χ3n) is 2.99. The van der Waals surface area contributed by atoms with Gasteiger partial charge in [-0.25, -0.2) is 14.3 Å². The topological polar surface area (TPSA) is 106 Å². The van der Waals surface area contributed by atoms with E-state index in [-0.39, 0.29) is 12.2 Å². The number of rotatable bonds is 7. The second-order valence-electron chi connectivity index (χ2n) is 6.77. The number of amides is 1. The fraction of sp³-hybridized carbons (Fsp3) is 0.733. The lowest BCUT2D eigenvalue weighted by molar-refractivity contribution is 0.0528. The van der Waals surface area contributed by atoms with E-state index in [1.54, 1.807) is 25.5 Å². The Kier molecular flexibility index (Phi) is 6.53. The van der Waals surface area contributed by atoms with Crippen molar-refractivity contribution in [2.45, 2.75) is 59.6 Å². The van der Waals surface area contributed by atoms with E-state index in [0.717, 1.165) is 6.42 Å². The number of ether oxygens (including phenoxy) is 1. The predicted octanol–water partition coefficient (Wildman–Crippen LogP) is 2.09. The first-order valence-corrected chi connectivity index (χ1v) is 7.72. The number of hydrogen-bond acceptors (Lipinski definition) is 5. The molecule has 0 aliphatic rings. The van der Waals surface area contributed by atoms with Gasteiger partial charge in [0.15, 0.2) is 5.69 Å². The van der Waals surface area contributed by atoms with Crippen molar-refractivity contribution in [3.63, 3.8) is 0 Å². The fourth-order valence-corrected chi connectivity index (χ4v) is 1.90. The van der Waals surface area contributed by atoms with E-state index in [0.29, 0.717) is 24.6 Å². The summed E-state index contributed by atoms with van der Waals surface area (Å²) >= 11 is 0. The van der Waals surface area contributed by atoms with Crippen LogP contribution in [-0.2, 0) is 17.7 Å². The number of nitrogens with zero attached hydrogens (tertiary/aromatic N) is 3. The molecular weight excluding hydrogens is 300 g/mol. The van der Waals surface area contributed by atoms with Crippen molar-refractivity contribution in [2.24, 2.45) is 5.92 Å². The van der Waals surface area contributed by atoms with Gasteiger partial charge in [-0.2, -0.15) is 0 Å². The van der Waals surface area contributed by atoms with Crippen molar-refractivity contribution >= 4 is 12.1 Å². The molecule has 0 aliphatic carbocycles. The molecule has 1 amide bonds. The van der Waals surface area contributed by atoms with Crippen LogP contribution in [-0.4, -0.2) is 44.3 Å². The first-order valence-electron chi connectivity index (χ1n) is 7.72. The molecule has 8 heteroatoms. The van der Waals surface area contributed by atoms with Gasteiger partial charge in [0.2, 0.25) is 0 Å². The molecular formula is C15H26N4O4. The highest BCUT2D eigenvalue weighted by atomic mass is 16.6. The van der Waals surface area contributed by atoms with E-state index in [9.17, 15) is 14.7 Å². The van der Waals surface area contributed by atoms with Crippen LogP contribution in [0, 0.1) is 5.92 Å². The summed E-state index contributed by atoms with van der Waals surface area (Å²) in [7, 11) is 0. The average molecular weight is 326 g/mol. The van der Waals surface area contributed by atoms with Gasteiger partial charge in [-0.15, -0.1) is 5.10 Å². The highest BCUT2D eigenvalue weighted by Crippen LogP contribution is 2.10. The number of nitrogens with one attached hydrogen (secondary N) is 1. The number of aromatic nitrogens is 3. The van der Waals surface area contributed by atoms with Gasteiger partial charge in [0.25, 0.3) is 0 Å². The van der Waals surface area contributed by atoms with Gasteiger partial charge in [-0.3, -0.25) is 0 Å². The Morgan fingerprint density at radius 1 is 1.35 bits per heavy atom. The molecule has 0 saturated heterocycles. The van der Waals surface area contributed by atoms with Gasteiger partial charge >= 0.3 is 12.1 Å². The van der Waals surface area contributed by atoms with Crippen molar-refractivity contribution in [1.82, 2.24) is 20.3 Å². The molecule has 0 atom stereocenters. The summed E-state index contributed by atoms with van der Waals surface area (Å²) in [6, 6.07) is 0. The van der Waals surface area contributed by atoms with Crippen LogP contribution < -0.4 is 5.32 Å². The SMILES string of the molecule is CC(C)CCn1nnc(C(=O)O)c1CCNC(=O)OC(C)(C)C. The zero-order chi connectivity index (χ0) is 17.6. The molecule has 1 rings (SSSR count). The lowest BCUT2D eigenvalue weighted by atomic mass is 10.1. The van der Waals surface area contributed by atoms with Gasteiger partial charge in [-0.1, -0.05) is 19.1 Å². The molecule has 0 unspecified atom stereocenters. The monoisotopic (exact) mass is 326 g/mol. The number of aryl methyl sites for hydroxylation is 1. The number of hydrogen-bond donors (Lipinski definition) is 2. The lowest BCUT2D eigenvalue weighted by Gasteiger charge is -2.19. The summed E-state index contributed by atoms with van der Waals surface area (Å²) in [6.45, 7) is 10.3. The van der Waals surface area contributed by atoms with Gasteiger partial charge < -0.3 is 15.2 Å². The number of aromatic carboxylic acids is 1. The van der Waals surface area contributed by atoms with Crippen LogP contribution in [0.3, 0.4) is 0 Å². The molecule has 0 bridgehead atoms. The predicted molar refractivity (Wildman–Crippen MR) is 84.4 cm³/mol. The molecule has 0 radical (unpaired) electrons. The average Bonchev–Trinajstić information content (AvgIpc) is 2.77. The maximum absolute atomic E-state index is 11.6. The molecule has 130 valence electrons. The smallest absolute Gasteiger partial charge is 0.407 e. The summed E-state index contributed by atoms with van der Waals surface area (Å²) in [4.78, 5) is 22.8. The molecule has 1 aromatic rings. The summed E-state index contributed by atoms with van der Waals surface area (Å²) in [6.07, 6.45) is 0.663. The normalized spacial score (nSPS) is 11.6. The van der Waals surface area contributed by atoms with E-state index in [1.165, 1.54) is 0 Å². The van der Waals surface area contributed by atoms with Crippen LogP contribution >= 0.6 is 0 Å². The van der Waals surface area contributed by atoms with E-state index in [2.05, 4.69) is 29.5 Å². The Morgan fingerprint density at radius 2 is 2.00 bits per heavy atom. The highest BCUT2D eigenvalue weighted by molar-refractivity contribution is 5.86. The van der Waals surface area contributed by atoms with Crippen LogP contribution in [0.1, 0.15) is 57.2 Å². The maximum atomic E-state index is 11.6. The molecule has 1 aromatic heterocycles. The summed E-state index contributed by atoms with van der Waals surface area (Å²) in [5.74, 6) is -0.645. The summed E-state index contributed by atoms with van der Waals surface area (Å²) in [5, 5.41) is 19.4. The van der Waals surface area contributed by atoms with Crippen molar-refractivity contribution < 1.29 is 19.4 Å². The summed E-state index contributed by atoms with van der Waals surface area (Å²) in [5.41, 5.74) is -0.134. The van der Waals surface area contributed by atoms with Crippen LogP contribution in [0.4, 0.5) is 4.79 Å². The minimum atomic E-state index is -1.12. The van der Waals surface area contributed by atoms with E-state index in [4.69, 9.17) is 4.74 Å². The minimum absolute atomic E-state index is 0.0697. The Balaban J connectivity index is 2.68. The summed E-state index contributed by atoms with van der Waals surface area (Å²) < 4.78 is 6.74. The van der Waals surface area contributed by atoms with E-state index in [1.807, 2.05) is 0 Å². The van der Waals surface area contributed by atoms with Crippen molar-refractivity contribution in [2.75, 3.05) is 6.54 Å². The van der Waals surface area contributed by atoms with E-state index >= 15 is 0 Å². The van der Waals surface area contributed by atoms with E-state index < -0.39 is 17.7 Å². The fourth-order valence-electron chi connectivity index (χ4n) is 1.90.